The van der Waals surface area contributed by atoms with Gasteiger partial charge in [-0.15, -0.1) is 0 Å². The molecule has 0 aliphatic carbocycles. The van der Waals surface area contributed by atoms with E-state index in [1.54, 1.807) is 20.8 Å². The zero-order valence-electron chi connectivity index (χ0n) is 34.4. The number of benzene rings is 3. The minimum Gasteiger partial charge on any atom is -0.459 e. The Labute approximate surface area is 345 Å². The van der Waals surface area contributed by atoms with E-state index in [1.807, 2.05) is 86.6 Å². The van der Waals surface area contributed by atoms with Crippen molar-refractivity contribution >= 4 is 40.6 Å². The summed E-state index contributed by atoms with van der Waals surface area (Å²) in [6, 6.07) is 18.7. The van der Waals surface area contributed by atoms with E-state index in [2.05, 4.69) is 31.3 Å². The molecular formula is C44H57N7O8. The second kappa shape index (κ2) is 20.8. The van der Waals surface area contributed by atoms with Crippen molar-refractivity contribution in [2.45, 2.75) is 116 Å². The van der Waals surface area contributed by atoms with E-state index in [-0.39, 0.29) is 31.8 Å². The van der Waals surface area contributed by atoms with E-state index in [0.29, 0.717) is 31.5 Å². The number of H-pyrrole nitrogens is 1. The van der Waals surface area contributed by atoms with E-state index in [0.717, 1.165) is 21.9 Å². The Kier molecular flexibility index (Phi) is 15.6. The Morgan fingerprint density at radius 2 is 1.59 bits per heavy atom. The number of carbonyl (C=O) groups is 5. The fourth-order valence-corrected chi connectivity index (χ4v) is 7.06. The van der Waals surface area contributed by atoms with Crippen molar-refractivity contribution in [3.05, 3.63) is 102 Å². The van der Waals surface area contributed by atoms with Crippen LogP contribution in [0.3, 0.4) is 0 Å². The number of aliphatic hydroxyl groups is 1. The second-order valence-electron chi connectivity index (χ2n) is 16.4. The second-order valence-corrected chi connectivity index (χ2v) is 16.4. The molecule has 4 amide bonds. The average molecular weight is 812 g/mol. The Balaban J connectivity index is 1.31. The summed E-state index contributed by atoms with van der Waals surface area (Å²) in [5.41, 5.74) is 4.18. The maximum Gasteiger partial charge on any atom is 0.408 e. The topological polar surface area (TPSA) is 204 Å². The molecule has 4 aromatic rings. The van der Waals surface area contributed by atoms with Gasteiger partial charge in [0.1, 0.15) is 30.3 Å². The van der Waals surface area contributed by atoms with E-state index >= 15 is 0 Å². The molecule has 5 atom stereocenters. The van der Waals surface area contributed by atoms with Gasteiger partial charge in [0.25, 0.3) is 0 Å². The number of carbonyl (C=O) groups excluding carboxylic acids is 5. The minimum atomic E-state index is -1.31. The molecule has 1 aliphatic heterocycles. The first-order valence-corrected chi connectivity index (χ1v) is 20.1. The fraction of sp³-hybridized carbons (Fsp3) is 0.455. The monoisotopic (exact) mass is 811 g/mol. The SMILES string of the molecule is CC(C)C[C@H](NC(=O)[C@H](Cc1cnc[nH]1)NC(=O)[C@H](Cc1cccc2ccccc12)NC(=O)OCc1ccccc1)[C@@H](O)CC(=O)NN1CCCC1C(=O)OC(C)(C)C. The van der Waals surface area contributed by atoms with Crippen LogP contribution in [0.25, 0.3) is 10.8 Å². The maximum absolute atomic E-state index is 14.3. The highest BCUT2D eigenvalue weighted by Crippen LogP contribution is 2.22. The molecule has 2 heterocycles. The number of imidazole rings is 1. The molecular weight excluding hydrogens is 755 g/mol. The summed E-state index contributed by atoms with van der Waals surface area (Å²) >= 11 is 0. The van der Waals surface area contributed by atoms with E-state index in [1.165, 1.54) is 17.5 Å². The van der Waals surface area contributed by atoms with Crippen molar-refractivity contribution in [3.8, 4) is 0 Å². The van der Waals surface area contributed by atoms with Crippen LogP contribution < -0.4 is 21.4 Å². The van der Waals surface area contributed by atoms with Crippen LogP contribution >= 0.6 is 0 Å². The highest BCUT2D eigenvalue weighted by molar-refractivity contribution is 5.93. The van der Waals surface area contributed by atoms with Crippen LogP contribution in [0, 0.1) is 5.92 Å². The van der Waals surface area contributed by atoms with E-state index in [4.69, 9.17) is 9.47 Å². The predicted molar refractivity (Wildman–Crippen MR) is 221 cm³/mol. The van der Waals surface area contributed by atoms with Gasteiger partial charge in [0, 0.05) is 31.3 Å². The zero-order valence-corrected chi connectivity index (χ0v) is 34.4. The first-order chi connectivity index (χ1) is 28.1. The van der Waals surface area contributed by atoms with Gasteiger partial charge in [0.2, 0.25) is 17.7 Å². The summed E-state index contributed by atoms with van der Waals surface area (Å²) in [4.78, 5) is 74.8. The summed E-state index contributed by atoms with van der Waals surface area (Å²) in [6.45, 7) is 9.60. The number of fused-ring (bicyclic) bond motifs is 1. The number of hydrazine groups is 1. The fourth-order valence-electron chi connectivity index (χ4n) is 7.06. The number of hydrogen-bond acceptors (Lipinski definition) is 10. The van der Waals surface area contributed by atoms with E-state index in [9.17, 15) is 29.1 Å². The molecule has 1 fully saturated rings. The molecule has 5 rings (SSSR count). The predicted octanol–water partition coefficient (Wildman–Crippen LogP) is 4.25. The lowest BCUT2D eigenvalue weighted by Gasteiger charge is -2.30. The van der Waals surface area contributed by atoms with Gasteiger partial charge in [0.05, 0.1) is 24.9 Å². The molecule has 0 bridgehead atoms. The maximum atomic E-state index is 14.3. The number of aromatic amines is 1. The molecule has 0 spiro atoms. The van der Waals surface area contributed by atoms with Gasteiger partial charge >= 0.3 is 12.1 Å². The molecule has 1 aliphatic rings. The van der Waals surface area contributed by atoms with Crippen molar-refractivity contribution in [1.29, 1.82) is 0 Å². The number of aromatic nitrogens is 2. The number of ether oxygens (including phenoxy) is 2. The molecule has 0 radical (unpaired) electrons. The van der Waals surface area contributed by atoms with Gasteiger partial charge in [0.15, 0.2) is 0 Å². The minimum absolute atomic E-state index is 0.00298. The lowest BCUT2D eigenvalue weighted by molar-refractivity contribution is -0.162. The third-order valence-corrected chi connectivity index (χ3v) is 9.85. The number of amides is 4. The molecule has 1 aromatic heterocycles. The molecule has 59 heavy (non-hydrogen) atoms. The normalized spacial score (nSPS) is 16.4. The van der Waals surface area contributed by atoms with Crippen molar-refractivity contribution in [1.82, 2.24) is 36.4 Å². The summed E-state index contributed by atoms with van der Waals surface area (Å²) in [5.74, 6) is -2.22. The number of nitrogens with zero attached hydrogens (tertiary/aromatic N) is 2. The molecule has 1 unspecified atom stereocenters. The van der Waals surface area contributed by atoms with Crippen LogP contribution in [0.4, 0.5) is 4.79 Å². The number of rotatable bonds is 18. The van der Waals surface area contributed by atoms with Crippen molar-refractivity contribution in [3.63, 3.8) is 0 Å². The van der Waals surface area contributed by atoms with Gasteiger partial charge in [-0.3, -0.25) is 24.6 Å². The van der Waals surface area contributed by atoms with Crippen LogP contribution in [-0.4, -0.2) is 92.3 Å². The quantitative estimate of drug-likeness (QED) is 0.0789. The van der Waals surface area contributed by atoms with Crippen LogP contribution in [0.2, 0.25) is 0 Å². The van der Waals surface area contributed by atoms with Crippen molar-refractivity contribution in [2.24, 2.45) is 5.92 Å². The number of nitrogens with one attached hydrogen (secondary N) is 5. The Hall–Kier alpha value is -5.80. The molecule has 316 valence electrons. The van der Waals surface area contributed by atoms with Gasteiger partial charge in [-0.1, -0.05) is 86.6 Å². The van der Waals surface area contributed by atoms with Gasteiger partial charge in [-0.2, -0.15) is 0 Å². The zero-order chi connectivity index (χ0) is 42.5. The first-order valence-electron chi connectivity index (χ1n) is 20.1. The average Bonchev–Trinajstić information content (AvgIpc) is 3.88. The molecule has 15 heteroatoms. The smallest absolute Gasteiger partial charge is 0.408 e. The number of esters is 1. The van der Waals surface area contributed by atoms with E-state index < -0.39 is 65.7 Å². The van der Waals surface area contributed by atoms with Gasteiger partial charge in [-0.05, 0) is 67.9 Å². The van der Waals surface area contributed by atoms with Crippen LogP contribution in [0.5, 0.6) is 0 Å². The van der Waals surface area contributed by atoms with Gasteiger partial charge in [-0.25, -0.2) is 14.8 Å². The molecule has 0 saturated carbocycles. The third-order valence-electron chi connectivity index (χ3n) is 9.85. The number of alkyl carbamates (subject to hydrolysis) is 1. The standard InChI is InChI=1S/C44H57N7O8/c1-28(2)21-34(38(52)24-39(53)50-51-20-12-19-37(51)42(56)59-44(3,4)5)47-41(55)36(23-32-25-45-27-46-32)48-40(54)35(49-43(57)58-26-29-13-7-6-8-14-29)22-31-17-11-16-30-15-9-10-18-33(30)31/h6-11,13-18,25,27-28,34-38,52H,12,19-24,26H2,1-5H3,(H,45,46)(H,47,55)(H,48,54)(H,49,57)(H,50,53)/t34-,35-,36-,37?,38-/m0/s1. The molecule has 3 aromatic carbocycles. The van der Waals surface area contributed by atoms with Crippen LogP contribution in [0.1, 0.15) is 77.1 Å². The lowest BCUT2D eigenvalue weighted by Crippen LogP contribution is -2.58. The van der Waals surface area contributed by atoms with Crippen LogP contribution in [-0.2, 0) is 48.1 Å². The summed E-state index contributed by atoms with van der Waals surface area (Å²) in [7, 11) is 0. The van der Waals surface area contributed by atoms with Crippen LogP contribution in [0.15, 0.2) is 85.3 Å². The third kappa shape index (κ3) is 13.6. The highest BCUT2D eigenvalue weighted by atomic mass is 16.6. The summed E-state index contributed by atoms with van der Waals surface area (Å²) in [6.07, 6.45) is 2.09. The largest absolute Gasteiger partial charge is 0.459 e. The molecule has 15 nitrogen and oxygen atoms in total. The molecule has 6 N–H and O–H groups in total. The number of hydrogen-bond donors (Lipinski definition) is 6. The first kappa shape index (κ1) is 44.3. The van der Waals surface area contributed by atoms with Gasteiger partial charge < -0.3 is 35.5 Å². The highest BCUT2D eigenvalue weighted by Gasteiger charge is 2.36. The van der Waals surface area contributed by atoms with Crippen molar-refractivity contribution < 1.29 is 38.6 Å². The summed E-state index contributed by atoms with van der Waals surface area (Å²) < 4.78 is 11.0. The Bertz CT molecular complexity index is 2010. The summed E-state index contributed by atoms with van der Waals surface area (Å²) in [5, 5.41) is 23.3. The number of aliphatic hydroxyl groups excluding tert-OH is 1. The lowest BCUT2D eigenvalue weighted by atomic mass is 9.96. The Morgan fingerprint density at radius 1 is 0.898 bits per heavy atom. The Morgan fingerprint density at radius 3 is 2.31 bits per heavy atom. The van der Waals surface area contributed by atoms with Crippen molar-refractivity contribution in [2.75, 3.05) is 6.54 Å². The molecule has 1 saturated heterocycles.